The van der Waals surface area contributed by atoms with Crippen LogP contribution in [0.15, 0.2) is 138 Å². The monoisotopic (exact) mass is 590 g/mol. The number of furan rings is 1. The van der Waals surface area contributed by atoms with E-state index in [0.29, 0.717) is 0 Å². The van der Waals surface area contributed by atoms with Gasteiger partial charge in [0.2, 0.25) is 0 Å². The van der Waals surface area contributed by atoms with Crippen LogP contribution >= 0.6 is 0 Å². The van der Waals surface area contributed by atoms with Gasteiger partial charge in [0.05, 0.1) is 0 Å². The molecular formula is C45H34O. The molecule has 0 N–H and O–H groups in total. The molecular weight excluding hydrogens is 556 g/mol. The van der Waals surface area contributed by atoms with Crippen LogP contribution < -0.4 is 0 Å². The zero-order chi connectivity index (χ0) is 31.2. The maximum atomic E-state index is 6.38. The van der Waals surface area contributed by atoms with Gasteiger partial charge in [-0.25, -0.2) is 0 Å². The number of hydrogen-bond donors (Lipinski definition) is 0. The Labute approximate surface area is 269 Å². The van der Waals surface area contributed by atoms with Crippen LogP contribution in [0.3, 0.4) is 0 Å². The van der Waals surface area contributed by atoms with E-state index in [2.05, 4.69) is 149 Å². The third kappa shape index (κ3) is 4.08. The second kappa shape index (κ2) is 9.80. The standard InChI is InChI=1S/C45H34O/c1-27-9-7-10-30(23-27)40-26-39(36-21-19-31-24-33(45(2,3)4)25-32-20-22-37(40)43(36)42(31)32)29-17-15-28(16-18-29)34-12-8-13-38-35-11-5-6-14-41(35)46-44(34)38/h5-26H,1-4H3. The first kappa shape index (κ1) is 27.0. The molecule has 1 heteroatoms. The molecule has 0 unspecified atom stereocenters. The highest BCUT2D eigenvalue weighted by molar-refractivity contribution is 6.28. The molecule has 9 aromatic rings. The van der Waals surface area contributed by atoms with E-state index in [1.54, 1.807) is 0 Å². The molecule has 1 aromatic heterocycles. The molecule has 0 bridgehead atoms. The molecule has 0 radical (unpaired) electrons. The van der Waals surface area contributed by atoms with Gasteiger partial charge < -0.3 is 4.42 Å². The average molecular weight is 591 g/mol. The molecule has 220 valence electrons. The molecule has 0 saturated heterocycles. The number of fused-ring (bicyclic) bond motifs is 3. The summed E-state index contributed by atoms with van der Waals surface area (Å²) < 4.78 is 6.38. The first-order valence-electron chi connectivity index (χ1n) is 16.2. The van der Waals surface area contributed by atoms with Gasteiger partial charge in [0.15, 0.2) is 0 Å². The van der Waals surface area contributed by atoms with Crippen molar-refractivity contribution in [3.05, 3.63) is 145 Å². The summed E-state index contributed by atoms with van der Waals surface area (Å²) in [6, 6.07) is 49.2. The van der Waals surface area contributed by atoms with E-state index in [0.717, 1.165) is 33.1 Å². The summed E-state index contributed by atoms with van der Waals surface area (Å²) in [4.78, 5) is 0. The fraction of sp³-hybridized carbons (Fsp3) is 0.111. The summed E-state index contributed by atoms with van der Waals surface area (Å²) in [6.07, 6.45) is 0. The normalized spacial score (nSPS) is 12.3. The van der Waals surface area contributed by atoms with Crippen LogP contribution in [0, 0.1) is 6.92 Å². The van der Waals surface area contributed by atoms with Crippen molar-refractivity contribution in [2.24, 2.45) is 0 Å². The van der Waals surface area contributed by atoms with Crippen LogP contribution in [-0.2, 0) is 5.41 Å². The first-order valence-corrected chi connectivity index (χ1v) is 16.2. The van der Waals surface area contributed by atoms with Crippen molar-refractivity contribution in [3.63, 3.8) is 0 Å². The Morgan fingerprint density at radius 2 is 1.09 bits per heavy atom. The molecule has 9 rings (SSSR count). The van der Waals surface area contributed by atoms with Crippen LogP contribution in [0.5, 0.6) is 0 Å². The predicted octanol–water partition coefficient (Wildman–Crippen LogP) is 13.1. The topological polar surface area (TPSA) is 13.1 Å². The van der Waals surface area contributed by atoms with Gasteiger partial charge in [0.1, 0.15) is 11.2 Å². The molecule has 0 amide bonds. The lowest BCUT2D eigenvalue weighted by Gasteiger charge is -2.23. The smallest absolute Gasteiger partial charge is 0.143 e. The van der Waals surface area contributed by atoms with Gasteiger partial charge in [0.25, 0.3) is 0 Å². The fourth-order valence-corrected chi connectivity index (χ4v) is 7.44. The quantitative estimate of drug-likeness (QED) is 0.187. The second-order valence-electron chi connectivity index (χ2n) is 13.8. The molecule has 0 spiro atoms. The zero-order valence-electron chi connectivity index (χ0n) is 26.6. The highest BCUT2D eigenvalue weighted by Crippen LogP contribution is 2.45. The molecule has 1 nitrogen and oxygen atoms in total. The van der Waals surface area contributed by atoms with Crippen molar-refractivity contribution < 1.29 is 4.42 Å². The summed E-state index contributed by atoms with van der Waals surface area (Å²) in [6.45, 7) is 9.07. The number of para-hydroxylation sites is 2. The minimum Gasteiger partial charge on any atom is -0.455 e. The van der Waals surface area contributed by atoms with Crippen molar-refractivity contribution in [1.29, 1.82) is 0 Å². The number of rotatable bonds is 3. The van der Waals surface area contributed by atoms with Crippen molar-refractivity contribution in [3.8, 4) is 33.4 Å². The van der Waals surface area contributed by atoms with Gasteiger partial charge in [-0.3, -0.25) is 0 Å². The summed E-state index contributed by atoms with van der Waals surface area (Å²) in [7, 11) is 0. The molecule has 46 heavy (non-hydrogen) atoms. The number of hydrogen-bond acceptors (Lipinski definition) is 1. The molecule has 0 atom stereocenters. The Hall–Kier alpha value is -5.40. The fourth-order valence-electron chi connectivity index (χ4n) is 7.44. The van der Waals surface area contributed by atoms with Crippen LogP contribution in [-0.4, -0.2) is 0 Å². The van der Waals surface area contributed by atoms with E-state index in [1.165, 1.54) is 65.7 Å². The Bertz CT molecular complexity index is 2590. The molecule has 8 aromatic carbocycles. The molecule has 0 saturated carbocycles. The summed E-state index contributed by atoms with van der Waals surface area (Å²) >= 11 is 0. The largest absolute Gasteiger partial charge is 0.455 e. The Kier molecular flexibility index (Phi) is 5.74. The van der Waals surface area contributed by atoms with E-state index in [9.17, 15) is 0 Å². The lowest BCUT2D eigenvalue weighted by atomic mass is 9.81. The van der Waals surface area contributed by atoms with Gasteiger partial charge in [-0.15, -0.1) is 0 Å². The molecule has 0 aliphatic rings. The van der Waals surface area contributed by atoms with Gasteiger partial charge in [0, 0.05) is 16.3 Å². The summed E-state index contributed by atoms with van der Waals surface area (Å²) in [5.41, 5.74) is 11.8. The molecule has 1 heterocycles. The van der Waals surface area contributed by atoms with Crippen molar-refractivity contribution in [2.45, 2.75) is 33.1 Å². The Balaban J connectivity index is 1.28. The Morgan fingerprint density at radius 3 is 1.78 bits per heavy atom. The first-order chi connectivity index (χ1) is 22.3. The zero-order valence-corrected chi connectivity index (χ0v) is 26.6. The van der Waals surface area contributed by atoms with E-state index >= 15 is 0 Å². The minimum absolute atomic E-state index is 0.0801. The number of benzene rings is 8. The highest BCUT2D eigenvalue weighted by Gasteiger charge is 2.20. The van der Waals surface area contributed by atoms with Gasteiger partial charge >= 0.3 is 0 Å². The van der Waals surface area contributed by atoms with E-state index in [4.69, 9.17) is 4.42 Å². The van der Waals surface area contributed by atoms with E-state index in [-0.39, 0.29) is 5.41 Å². The average Bonchev–Trinajstić information content (AvgIpc) is 3.45. The van der Waals surface area contributed by atoms with Crippen molar-refractivity contribution in [1.82, 2.24) is 0 Å². The third-order valence-electron chi connectivity index (χ3n) is 9.82. The van der Waals surface area contributed by atoms with Gasteiger partial charge in [-0.05, 0) is 90.2 Å². The van der Waals surface area contributed by atoms with Gasteiger partial charge in [-0.2, -0.15) is 0 Å². The van der Waals surface area contributed by atoms with Crippen LogP contribution in [0.25, 0.3) is 87.6 Å². The minimum atomic E-state index is 0.0801. The SMILES string of the molecule is Cc1cccc(-c2cc(-c3ccc(-c4cccc5c4oc4ccccc45)cc3)c3ccc4cc(C(C)(C)C)cc5ccc2c3c45)c1. The second-order valence-corrected chi connectivity index (χ2v) is 13.8. The summed E-state index contributed by atoms with van der Waals surface area (Å²) in [5.74, 6) is 0. The molecule has 0 aliphatic carbocycles. The third-order valence-corrected chi connectivity index (χ3v) is 9.82. The Morgan fingerprint density at radius 1 is 0.457 bits per heavy atom. The molecule has 0 fully saturated rings. The van der Waals surface area contributed by atoms with E-state index < -0.39 is 0 Å². The van der Waals surface area contributed by atoms with Crippen LogP contribution in [0.1, 0.15) is 31.9 Å². The van der Waals surface area contributed by atoms with Crippen LogP contribution in [0.4, 0.5) is 0 Å². The van der Waals surface area contributed by atoms with Crippen LogP contribution in [0.2, 0.25) is 0 Å². The van der Waals surface area contributed by atoms with Crippen molar-refractivity contribution in [2.75, 3.05) is 0 Å². The van der Waals surface area contributed by atoms with E-state index in [1.807, 2.05) is 12.1 Å². The maximum Gasteiger partial charge on any atom is 0.143 e. The lowest BCUT2D eigenvalue weighted by Crippen LogP contribution is -2.10. The highest BCUT2D eigenvalue weighted by atomic mass is 16.3. The lowest BCUT2D eigenvalue weighted by molar-refractivity contribution is 0.591. The van der Waals surface area contributed by atoms with Gasteiger partial charge in [-0.1, -0.05) is 148 Å². The predicted molar refractivity (Wildman–Crippen MR) is 197 cm³/mol. The maximum absolute atomic E-state index is 6.38. The summed E-state index contributed by atoms with van der Waals surface area (Å²) in [5, 5.41) is 10.2. The van der Waals surface area contributed by atoms with Crippen molar-refractivity contribution >= 4 is 54.3 Å². The number of aryl methyl sites for hydroxylation is 1. The molecule has 0 aliphatic heterocycles.